The first-order valence-electron chi connectivity index (χ1n) is 5.70. The lowest BCUT2D eigenvalue weighted by Gasteiger charge is -2.10. The summed E-state index contributed by atoms with van der Waals surface area (Å²) in [5.74, 6) is 0.0344. The number of amides is 1. The molecule has 0 radical (unpaired) electrons. The zero-order valence-corrected chi connectivity index (χ0v) is 9.76. The second-order valence-corrected chi connectivity index (χ2v) is 3.77. The molecule has 2 aromatic rings. The molecule has 17 heavy (non-hydrogen) atoms. The number of carbonyl (C=O) groups excluding carboxylic acids is 1. The smallest absolute Gasteiger partial charge is 0.224 e. The van der Waals surface area contributed by atoms with Gasteiger partial charge in [-0.3, -0.25) is 4.79 Å². The van der Waals surface area contributed by atoms with Crippen LogP contribution in [0, 0.1) is 0 Å². The molecular formula is C13H15N3O. The number of aromatic nitrogens is 2. The largest absolute Gasteiger partial charge is 0.324 e. The first-order valence-corrected chi connectivity index (χ1v) is 5.70. The maximum atomic E-state index is 11.6. The van der Waals surface area contributed by atoms with Crippen LogP contribution in [0.4, 0.5) is 5.69 Å². The molecule has 1 aromatic heterocycles. The Morgan fingerprint density at radius 3 is 2.88 bits per heavy atom. The van der Waals surface area contributed by atoms with Gasteiger partial charge in [-0.2, -0.15) is 5.10 Å². The van der Waals surface area contributed by atoms with Gasteiger partial charge in [0.25, 0.3) is 0 Å². The molecular weight excluding hydrogens is 214 g/mol. The quantitative estimate of drug-likeness (QED) is 0.876. The monoisotopic (exact) mass is 229 g/mol. The predicted octanol–water partition coefficient (Wildman–Crippen LogP) is 2.61. The molecule has 0 aliphatic heterocycles. The normalized spacial score (nSPS) is 10.2. The van der Waals surface area contributed by atoms with Crippen molar-refractivity contribution < 1.29 is 4.79 Å². The number of benzene rings is 1. The first-order chi connectivity index (χ1) is 8.31. The number of nitrogens with one attached hydrogen (secondary N) is 1. The van der Waals surface area contributed by atoms with Gasteiger partial charge in [-0.15, -0.1) is 0 Å². The summed E-state index contributed by atoms with van der Waals surface area (Å²) in [6, 6.07) is 9.48. The van der Waals surface area contributed by atoms with Crippen molar-refractivity contribution in [2.24, 2.45) is 0 Å². The summed E-state index contributed by atoms with van der Waals surface area (Å²) >= 11 is 0. The van der Waals surface area contributed by atoms with Crippen molar-refractivity contribution in [3.05, 3.63) is 42.7 Å². The number of anilines is 1. The minimum Gasteiger partial charge on any atom is -0.324 e. The second-order valence-electron chi connectivity index (χ2n) is 3.77. The molecule has 0 saturated carbocycles. The fraction of sp³-hybridized carbons (Fsp3) is 0.231. The van der Waals surface area contributed by atoms with Crippen LogP contribution in [0.5, 0.6) is 0 Å². The lowest BCUT2D eigenvalue weighted by molar-refractivity contribution is -0.116. The number of hydrogen-bond donors (Lipinski definition) is 1. The third kappa shape index (κ3) is 2.72. The van der Waals surface area contributed by atoms with Gasteiger partial charge in [0.1, 0.15) is 0 Å². The van der Waals surface area contributed by atoms with Crippen LogP contribution < -0.4 is 5.32 Å². The maximum Gasteiger partial charge on any atom is 0.224 e. The van der Waals surface area contributed by atoms with Gasteiger partial charge in [-0.25, -0.2) is 4.68 Å². The highest BCUT2D eigenvalue weighted by Gasteiger charge is 2.06. The minimum absolute atomic E-state index is 0.0344. The number of para-hydroxylation sites is 2. The average Bonchev–Trinajstić information content (AvgIpc) is 2.83. The molecule has 0 unspecified atom stereocenters. The molecule has 0 aliphatic rings. The standard InChI is InChI=1S/C13H15N3O/c1-2-6-13(17)15-11-7-3-4-8-12(11)16-10-5-9-14-16/h3-5,7-10H,2,6H2,1H3,(H,15,17). The van der Waals surface area contributed by atoms with Crippen LogP contribution >= 0.6 is 0 Å². The summed E-state index contributed by atoms with van der Waals surface area (Å²) in [6.07, 6.45) is 4.94. The van der Waals surface area contributed by atoms with Crippen molar-refractivity contribution in [1.29, 1.82) is 0 Å². The Labute approximate surface area is 100 Å². The first kappa shape index (κ1) is 11.4. The Hall–Kier alpha value is -2.10. The zero-order chi connectivity index (χ0) is 12.1. The van der Waals surface area contributed by atoms with Gasteiger partial charge >= 0.3 is 0 Å². The van der Waals surface area contributed by atoms with E-state index in [0.29, 0.717) is 6.42 Å². The molecule has 88 valence electrons. The Morgan fingerprint density at radius 2 is 2.18 bits per heavy atom. The molecule has 2 rings (SSSR count). The molecule has 4 heteroatoms. The fourth-order valence-corrected chi connectivity index (χ4v) is 1.63. The summed E-state index contributed by atoms with van der Waals surface area (Å²) in [4.78, 5) is 11.6. The molecule has 4 nitrogen and oxygen atoms in total. The van der Waals surface area contributed by atoms with Crippen molar-refractivity contribution in [2.45, 2.75) is 19.8 Å². The Morgan fingerprint density at radius 1 is 1.35 bits per heavy atom. The maximum absolute atomic E-state index is 11.6. The van der Waals surface area contributed by atoms with Crippen molar-refractivity contribution in [3.8, 4) is 5.69 Å². The highest BCUT2D eigenvalue weighted by molar-refractivity contribution is 5.92. The van der Waals surface area contributed by atoms with E-state index in [2.05, 4.69) is 10.4 Å². The number of carbonyl (C=O) groups is 1. The summed E-state index contributed by atoms with van der Waals surface area (Å²) in [7, 11) is 0. The Bertz CT molecular complexity index is 491. The highest BCUT2D eigenvalue weighted by atomic mass is 16.1. The Balaban J connectivity index is 2.25. The second kappa shape index (κ2) is 5.30. The van der Waals surface area contributed by atoms with E-state index in [1.54, 1.807) is 10.9 Å². The average molecular weight is 229 g/mol. The van der Waals surface area contributed by atoms with Crippen LogP contribution in [-0.2, 0) is 4.79 Å². The van der Waals surface area contributed by atoms with Crippen LogP contribution in [0.1, 0.15) is 19.8 Å². The van der Waals surface area contributed by atoms with E-state index < -0.39 is 0 Å². The van der Waals surface area contributed by atoms with Crippen molar-refractivity contribution in [2.75, 3.05) is 5.32 Å². The van der Waals surface area contributed by atoms with Gasteiger partial charge in [-0.1, -0.05) is 19.1 Å². The van der Waals surface area contributed by atoms with Gasteiger partial charge in [0, 0.05) is 18.8 Å². The molecule has 0 fully saturated rings. The predicted molar refractivity (Wildman–Crippen MR) is 67.1 cm³/mol. The molecule has 1 N–H and O–H groups in total. The Kier molecular flexibility index (Phi) is 3.55. The van der Waals surface area contributed by atoms with Gasteiger partial charge in [0.05, 0.1) is 11.4 Å². The van der Waals surface area contributed by atoms with E-state index in [9.17, 15) is 4.79 Å². The van der Waals surface area contributed by atoms with E-state index >= 15 is 0 Å². The molecule has 0 spiro atoms. The van der Waals surface area contributed by atoms with E-state index in [4.69, 9.17) is 0 Å². The molecule has 1 aromatic carbocycles. The lowest BCUT2D eigenvalue weighted by atomic mass is 10.2. The van der Waals surface area contributed by atoms with Crippen LogP contribution in [-0.4, -0.2) is 15.7 Å². The van der Waals surface area contributed by atoms with E-state index in [-0.39, 0.29) is 5.91 Å². The van der Waals surface area contributed by atoms with Gasteiger partial charge < -0.3 is 5.32 Å². The molecule has 1 amide bonds. The van der Waals surface area contributed by atoms with Crippen LogP contribution in [0.25, 0.3) is 5.69 Å². The molecule has 0 atom stereocenters. The SMILES string of the molecule is CCCC(=O)Nc1ccccc1-n1cccn1. The van der Waals surface area contributed by atoms with Crippen molar-refractivity contribution >= 4 is 11.6 Å². The van der Waals surface area contributed by atoms with Crippen molar-refractivity contribution in [3.63, 3.8) is 0 Å². The van der Waals surface area contributed by atoms with E-state index in [1.165, 1.54) is 0 Å². The summed E-state index contributed by atoms with van der Waals surface area (Å²) in [6.45, 7) is 1.99. The van der Waals surface area contributed by atoms with Crippen molar-refractivity contribution in [1.82, 2.24) is 9.78 Å². The molecule has 0 aliphatic carbocycles. The topological polar surface area (TPSA) is 46.9 Å². The molecule has 0 bridgehead atoms. The highest BCUT2D eigenvalue weighted by Crippen LogP contribution is 2.19. The lowest BCUT2D eigenvalue weighted by Crippen LogP contribution is -2.12. The minimum atomic E-state index is 0.0344. The number of nitrogens with zero attached hydrogens (tertiary/aromatic N) is 2. The summed E-state index contributed by atoms with van der Waals surface area (Å²) < 4.78 is 1.74. The third-order valence-corrected chi connectivity index (χ3v) is 2.41. The molecule has 1 heterocycles. The fourth-order valence-electron chi connectivity index (χ4n) is 1.63. The van der Waals surface area contributed by atoms with Crippen LogP contribution in [0.15, 0.2) is 42.7 Å². The third-order valence-electron chi connectivity index (χ3n) is 2.41. The van der Waals surface area contributed by atoms with Crippen LogP contribution in [0.3, 0.4) is 0 Å². The van der Waals surface area contributed by atoms with Gasteiger partial charge in [0.15, 0.2) is 0 Å². The number of rotatable bonds is 4. The van der Waals surface area contributed by atoms with E-state index in [1.807, 2.05) is 43.5 Å². The summed E-state index contributed by atoms with van der Waals surface area (Å²) in [5.41, 5.74) is 1.66. The number of hydrogen-bond acceptors (Lipinski definition) is 2. The van der Waals surface area contributed by atoms with Crippen LogP contribution in [0.2, 0.25) is 0 Å². The van der Waals surface area contributed by atoms with Gasteiger partial charge in [-0.05, 0) is 24.6 Å². The van der Waals surface area contributed by atoms with Gasteiger partial charge in [0.2, 0.25) is 5.91 Å². The summed E-state index contributed by atoms with van der Waals surface area (Å²) in [5, 5.41) is 7.07. The zero-order valence-electron chi connectivity index (χ0n) is 9.76. The van der Waals surface area contributed by atoms with E-state index in [0.717, 1.165) is 17.8 Å². The molecule has 0 saturated heterocycles.